The van der Waals surface area contributed by atoms with Crippen LogP contribution in [-0.4, -0.2) is 23.5 Å². The number of carbonyl (C=O) groups is 2. The summed E-state index contributed by atoms with van der Waals surface area (Å²) in [6, 6.07) is 0.00503. The lowest BCUT2D eigenvalue weighted by Gasteiger charge is -2.16. The molecule has 0 aliphatic carbocycles. The highest BCUT2D eigenvalue weighted by molar-refractivity contribution is 6.00. The maximum Gasteiger partial charge on any atom is 0.385 e. The molecule has 0 aromatic heterocycles. The minimum Gasteiger partial charge on any atom is -0.450 e. The van der Waals surface area contributed by atoms with Crippen molar-refractivity contribution >= 4 is 11.9 Å². The van der Waals surface area contributed by atoms with Crippen molar-refractivity contribution in [3.8, 4) is 11.8 Å². The van der Waals surface area contributed by atoms with Gasteiger partial charge in [0.15, 0.2) is 0 Å². The average molecular weight is 211 g/mol. The average Bonchev–Trinajstić information content (AvgIpc) is 1.96. The van der Waals surface area contributed by atoms with Crippen LogP contribution in [0.2, 0.25) is 0 Å². The SMILES string of the molecule is CC(C)NC(=O)C#CC(=O)OC(C)(C)C. The van der Waals surface area contributed by atoms with E-state index in [0.717, 1.165) is 0 Å². The summed E-state index contributed by atoms with van der Waals surface area (Å²) >= 11 is 0. The summed E-state index contributed by atoms with van der Waals surface area (Å²) in [5.74, 6) is 3.11. The Morgan fingerprint density at radius 1 is 1.20 bits per heavy atom. The Labute approximate surface area is 90.4 Å². The van der Waals surface area contributed by atoms with E-state index in [9.17, 15) is 9.59 Å². The van der Waals surface area contributed by atoms with Crippen molar-refractivity contribution < 1.29 is 14.3 Å². The van der Waals surface area contributed by atoms with Gasteiger partial charge in [-0.3, -0.25) is 4.79 Å². The Morgan fingerprint density at radius 2 is 1.73 bits per heavy atom. The molecule has 0 bridgehead atoms. The van der Waals surface area contributed by atoms with Crippen LogP contribution in [0.4, 0.5) is 0 Å². The van der Waals surface area contributed by atoms with Crippen molar-refractivity contribution in [2.24, 2.45) is 0 Å². The molecule has 4 nitrogen and oxygen atoms in total. The van der Waals surface area contributed by atoms with Gasteiger partial charge in [0.2, 0.25) is 0 Å². The van der Waals surface area contributed by atoms with E-state index in [2.05, 4.69) is 17.2 Å². The van der Waals surface area contributed by atoms with E-state index in [1.807, 2.05) is 13.8 Å². The fourth-order valence-corrected chi connectivity index (χ4v) is 0.710. The highest BCUT2D eigenvalue weighted by Gasteiger charge is 2.14. The van der Waals surface area contributed by atoms with Crippen molar-refractivity contribution in [2.75, 3.05) is 0 Å². The van der Waals surface area contributed by atoms with Crippen LogP contribution in [-0.2, 0) is 14.3 Å². The number of esters is 1. The summed E-state index contributed by atoms with van der Waals surface area (Å²) in [6.45, 7) is 8.84. The number of rotatable bonds is 1. The molecule has 1 N–H and O–H groups in total. The van der Waals surface area contributed by atoms with Gasteiger partial charge in [0.25, 0.3) is 5.91 Å². The molecule has 84 valence electrons. The molecule has 0 aromatic rings. The Morgan fingerprint density at radius 3 is 2.13 bits per heavy atom. The van der Waals surface area contributed by atoms with Crippen LogP contribution in [0.1, 0.15) is 34.6 Å². The molecule has 0 aromatic carbocycles. The number of hydrogen-bond donors (Lipinski definition) is 1. The van der Waals surface area contributed by atoms with Crippen LogP contribution in [0.3, 0.4) is 0 Å². The molecule has 0 unspecified atom stereocenters. The van der Waals surface area contributed by atoms with E-state index in [-0.39, 0.29) is 6.04 Å². The van der Waals surface area contributed by atoms with E-state index < -0.39 is 17.5 Å². The molecule has 0 aliphatic rings. The molecule has 15 heavy (non-hydrogen) atoms. The van der Waals surface area contributed by atoms with E-state index in [1.54, 1.807) is 20.8 Å². The molecule has 0 atom stereocenters. The second-order valence-corrected chi connectivity index (χ2v) is 4.38. The second kappa shape index (κ2) is 5.40. The van der Waals surface area contributed by atoms with Gasteiger partial charge in [0.05, 0.1) is 0 Å². The van der Waals surface area contributed by atoms with Gasteiger partial charge in [0, 0.05) is 17.9 Å². The largest absolute Gasteiger partial charge is 0.450 e. The predicted molar refractivity (Wildman–Crippen MR) is 56.9 cm³/mol. The number of amides is 1. The quantitative estimate of drug-likeness (QED) is 0.397. The smallest absolute Gasteiger partial charge is 0.385 e. The topological polar surface area (TPSA) is 55.4 Å². The molecule has 0 rings (SSSR count). The van der Waals surface area contributed by atoms with Crippen molar-refractivity contribution in [1.82, 2.24) is 5.32 Å². The first-order chi connectivity index (χ1) is 6.70. The van der Waals surface area contributed by atoms with Gasteiger partial charge >= 0.3 is 5.97 Å². The lowest BCUT2D eigenvalue weighted by Crippen LogP contribution is -2.29. The van der Waals surface area contributed by atoms with Crippen LogP contribution in [0, 0.1) is 11.8 Å². The van der Waals surface area contributed by atoms with Gasteiger partial charge in [-0.05, 0) is 34.6 Å². The molecule has 0 aliphatic heterocycles. The summed E-state index contributed by atoms with van der Waals surface area (Å²) in [5, 5.41) is 2.54. The van der Waals surface area contributed by atoms with Gasteiger partial charge in [-0.2, -0.15) is 0 Å². The lowest BCUT2D eigenvalue weighted by molar-refractivity contribution is -0.147. The Bertz CT molecular complexity index is 302. The predicted octanol–water partition coefficient (Wildman–Crippen LogP) is 0.856. The van der Waals surface area contributed by atoms with Gasteiger partial charge in [-0.15, -0.1) is 0 Å². The van der Waals surface area contributed by atoms with Crippen molar-refractivity contribution in [1.29, 1.82) is 0 Å². The monoisotopic (exact) mass is 211 g/mol. The number of carbonyl (C=O) groups excluding carboxylic acids is 2. The minimum absolute atomic E-state index is 0.00503. The molecule has 4 heteroatoms. The Hall–Kier alpha value is -1.50. The van der Waals surface area contributed by atoms with Crippen LogP contribution in [0.15, 0.2) is 0 Å². The summed E-state index contributed by atoms with van der Waals surface area (Å²) < 4.78 is 4.90. The van der Waals surface area contributed by atoms with Gasteiger partial charge in [0.1, 0.15) is 5.60 Å². The van der Waals surface area contributed by atoms with E-state index in [1.165, 1.54) is 0 Å². The Kier molecular flexibility index (Phi) is 4.86. The third kappa shape index (κ3) is 8.82. The Balaban J connectivity index is 4.18. The first-order valence-corrected chi connectivity index (χ1v) is 4.76. The minimum atomic E-state index is -0.693. The van der Waals surface area contributed by atoms with Crippen LogP contribution < -0.4 is 5.32 Å². The molecule has 0 saturated carbocycles. The number of hydrogen-bond acceptors (Lipinski definition) is 3. The fraction of sp³-hybridized carbons (Fsp3) is 0.636. The highest BCUT2D eigenvalue weighted by atomic mass is 16.6. The number of nitrogens with one attached hydrogen (secondary N) is 1. The number of ether oxygens (including phenoxy) is 1. The second-order valence-electron chi connectivity index (χ2n) is 4.38. The first-order valence-electron chi connectivity index (χ1n) is 4.76. The van der Waals surface area contributed by atoms with Crippen LogP contribution in [0.25, 0.3) is 0 Å². The third-order valence-electron chi connectivity index (χ3n) is 1.10. The lowest BCUT2D eigenvalue weighted by atomic mass is 10.2. The molecule has 1 amide bonds. The van der Waals surface area contributed by atoms with Gasteiger partial charge < -0.3 is 10.1 Å². The standard InChI is InChI=1S/C11H17NO3/c1-8(2)12-9(13)6-7-10(14)15-11(3,4)5/h8H,1-5H3,(H,12,13). The van der Waals surface area contributed by atoms with E-state index in [0.29, 0.717) is 0 Å². The summed E-state index contributed by atoms with van der Waals surface area (Å²) in [6.07, 6.45) is 0. The van der Waals surface area contributed by atoms with Crippen molar-refractivity contribution in [3.63, 3.8) is 0 Å². The molecule has 0 fully saturated rings. The maximum absolute atomic E-state index is 11.1. The van der Waals surface area contributed by atoms with E-state index in [4.69, 9.17) is 4.74 Å². The first kappa shape index (κ1) is 13.5. The van der Waals surface area contributed by atoms with Crippen molar-refractivity contribution in [3.05, 3.63) is 0 Å². The van der Waals surface area contributed by atoms with E-state index >= 15 is 0 Å². The molecule has 0 saturated heterocycles. The zero-order valence-electron chi connectivity index (χ0n) is 9.80. The van der Waals surface area contributed by atoms with Crippen LogP contribution in [0.5, 0.6) is 0 Å². The normalized spacial score (nSPS) is 10.3. The molecular formula is C11H17NO3. The zero-order valence-corrected chi connectivity index (χ0v) is 9.80. The highest BCUT2D eigenvalue weighted by Crippen LogP contribution is 2.05. The fourth-order valence-electron chi connectivity index (χ4n) is 0.710. The summed E-state index contributed by atoms with van der Waals surface area (Å²) in [4.78, 5) is 22.1. The summed E-state index contributed by atoms with van der Waals surface area (Å²) in [7, 11) is 0. The third-order valence-corrected chi connectivity index (χ3v) is 1.10. The summed E-state index contributed by atoms with van der Waals surface area (Å²) in [5.41, 5.74) is -0.583. The molecule has 0 spiro atoms. The molecule has 0 heterocycles. The molecular weight excluding hydrogens is 194 g/mol. The molecule has 0 radical (unpaired) electrons. The maximum atomic E-state index is 11.1. The van der Waals surface area contributed by atoms with Crippen molar-refractivity contribution in [2.45, 2.75) is 46.3 Å². The van der Waals surface area contributed by atoms with Gasteiger partial charge in [-0.25, -0.2) is 4.79 Å². The van der Waals surface area contributed by atoms with Gasteiger partial charge in [-0.1, -0.05) is 0 Å². The van der Waals surface area contributed by atoms with Crippen LogP contribution >= 0.6 is 0 Å². The zero-order chi connectivity index (χ0) is 12.1.